The topological polar surface area (TPSA) is 60.0 Å². The number of halogens is 3. The molecule has 0 atom stereocenters. The zero-order valence-electron chi connectivity index (χ0n) is 21.6. The Labute approximate surface area is 218 Å². The molecule has 0 bridgehead atoms. The number of nitrogens with zero attached hydrogens (tertiary/aromatic N) is 5. The van der Waals surface area contributed by atoms with Crippen molar-refractivity contribution < 1.29 is 17.6 Å². The number of oxazole rings is 1. The predicted octanol–water partition coefficient (Wildman–Crippen LogP) is 6.34. The summed E-state index contributed by atoms with van der Waals surface area (Å²) in [6, 6.07) is 10.8. The van der Waals surface area contributed by atoms with Crippen LogP contribution in [0.25, 0.3) is 22.6 Å². The Hall–Kier alpha value is -3.20. The molecule has 2 aromatic carbocycles. The van der Waals surface area contributed by atoms with Crippen LogP contribution in [0.3, 0.4) is 0 Å². The van der Waals surface area contributed by atoms with Crippen LogP contribution < -0.4 is 0 Å². The van der Waals surface area contributed by atoms with E-state index in [-0.39, 0.29) is 22.4 Å². The molecule has 2 aromatic heterocycles. The lowest BCUT2D eigenvalue weighted by Crippen LogP contribution is -2.43. The molecule has 0 N–H and O–H groups in total. The molecule has 9 heteroatoms. The van der Waals surface area contributed by atoms with Crippen LogP contribution in [0.15, 0.2) is 47.1 Å². The summed E-state index contributed by atoms with van der Waals surface area (Å²) >= 11 is 0. The Kier molecular flexibility index (Phi) is 5.12. The predicted molar refractivity (Wildman–Crippen MR) is 136 cm³/mol. The first kappa shape index (κ1) is 23.9. The molecular weight excluding hydrogens is 491 g/mol. The van der Waals surface area contributed by atoms with E-state index < -0.39 is 11.7 Å². The first-order chi connectivity index (χ1) is 18.1. The fourth-order valence-corrected chi connectivity index (χ4v) is 6.87. The first-order valence-electron chi connectivity index (χ1n) is 13.3. The van der Waals surface area contributed by atoms with Crippen molar-refractivity contribution in [3.05, 3.63) is 65.2 Å². The van der Waals surface area contributed by atoms with E-state index in [9.17, 15) is 13.2 Å². The molecule has 4 aromatic rings. The second-order valence-electron chi connectivity index (χ2n) is 11.9. The van der Waals surface area contributed by atoms with E-state index in [1.165, 1.54) is 18.9 Å². The van der Waals surface area contributed by atoms with Crippen LogP contribution in [0, 0.1) is 11.3 Å². The Morgan fingerprint density at radius 3 is 2.58 bits per heavy atom. The zero-order chi connectivity index (χ0) is 26.3. The van der Waals surface area contributed by atoms with Gasteiger partial charge in [-0.3, -0.25) is 4.90 Å². The van der Waals surface area contributed by atoms with Gasteiger partial charge in [0, 0.05) is 25.7 Å². The minimum atomic E-state index is -4.53. The molecule has 198 valence electrons. The molecule has 2 saturated carbocycles. The minimum Gasteiger partial charge on any atom is -0.435 e. The molecule has 1 aliphatic heterocycles. The summed E-state index contributed by atoms with van der Waals surface area (Å²) in [4.78, 5) is 6.85. The van der Waals surface area contributed by atoms with Gasteiger partial charge in [-0.15, -0.1) is 10.2 Å². The van der Waals surface area contributed by atoms with E-state index in [2.05, 4.69) is 33.1 Å². The Morgan fingerprint density at radius 1 is 1.11 bits per heavy atom. The van der Waals surface area contributed by atoms with Gasteiger partial charge in [0.15, 0.2) is 5.58 Å². The average Bonchev–Trinajstić information content (AvgIpc) is 3.16. The molecule has 38 heavy (non-hydrogen) atoms. The van der Waals surface area contributed by atoms with Gasteiger partial charge in [-0.25, -0.2) is 4.98 Å². The maximum atomic E-state index is 14.1. The Bertz CT molecular complexity index is 1530. The quantitative estimate of drug-likeness (QED) is 0.307. The minimum absolute atomic E-state index is 0.197. The van der Waals surface area contributed by atoms with E-state index in [4.69, 9.17) is 4.42 Å². The summed E-state index contributed by atoms with van der Waals surface area (Å²) < 4.78 is 50.2. The number of aromatic nitrogens is 4. The van der Waals surface area contributed by atoms with E-state index in [0.717, 1.165) is 43.7 Å². The number of likely N-dealkylation sites (tertiary alicyclic amines) is 1. The smallest absolute Gasteiger partial charge is 0.420 e. The highest BCUT2D eigenvalue weighted by Gasteiger charge is 2.49. The van der Waals surface area contributed by atoms with Gasteiger partial charge in [0.25, 0.3) is 0 Å². The third-order valence-electron chi connectivity index (χ3n) is 8.93. The maximum Gasteiger partial charge on any atom is 0.420 e. The summed E-state index contributed by atoms with van der Waals surface area (Å²) in [5.41, 5.74) is 1.74. The molecule has 3 heterocycles. The molecule has 3 fully saturated rings. The lowest BCUT2D eigenvalue weighted by atomic mass is 9.58. The highest BCUT2D eigenvalue weighted by atomic mass is 19.4. The largest absolute Gasteiger partial charge is 0.435 e. The third kappa shape index (κ3) is 3.85. The molecule has 6 nitrogen and oxygen atoms in total. The van der Waals surface area contributed by atoms with Gasteiger partial charge in [0.1, 0.15) is 23.2 Å². The summed E-state index contributed by atoms with van der Waals surface area (Å²) in [6.07, 6.45) is 2.63. The molecule has 1 spiro atoms. The Balaban J connectivity index is 1.27. The summed E-state index contributed by atoms with van der Waals surface area (Å²) in [5.74, 6) is 1.63. The van der Waals surface area contributed by atoms with Crippen LogP contribution in [-0.4, -0.2) is 37.7 Å². The molecule has 1 saturated heterocycles. The van der Waals surface area contributed by atoms with Crippen molar-refractivity contribution >= 4 is 11.1 Å². The number of rotatable bonds is 5. The van der Waals surface area contributed by atoms with Crippen LogP contribution in [-0.2, 0) is 25.2 Å². The average molecular weight is 522 g/mol. The fourth-order valence-electron chi connectivity index (χ4n) is 6.87. The highest BCUT2D eigenvalue weighted by Crippen LogP contribution is 2.53. The van der Waals surface area contributed by atoms with E-state index in [1.54, 1.807) is 12.4 Å². The van der Waals surface area contributed by atoms with Gasteiger partial charge >= 0.3 is 6.18 Å². The number of alkyl halides is 3. The van der Waals surface area contributed by atoms with Crippen molar-refractivity contribution in [2.24, 2.45) is 18.4 Å². The number of hydrogen-bond acceptors (Lipinski definition) is 5. The highest BCUT2D eigenvalue weighted by molar-refractivity contribution is 5.81. The second kappa shape index (κ2) is 8.15. The normalized spacial score (nSPS) is 24.8. The van der Waals surface area contributed by atoms with Crippen molar-refractivity contribution in [3.63, 3.8) is 0 Å². The van der Waals surface area contributed by atoms with E-state index in [1.807, 2.05) is 29.8 Å². The van der Waals surface area contributed by atoms with Gasteiger partial charge in [-0.1, -0.05) is 19.1 Å². The first-order valence-corrected chi connectivity index (χ1v) is 13.3. The van der Waals surface area contributed by atoms with Crippen LogP contribution in [0.4, 0.5) is 13.2 Å². The second-order valence-corrected chi connectivity index (χ2v) is 11.9. The van der Waals surface area contributed by atoms with Crippen molar-refractivity contribution in [3.8, 4) is 11.5 Å². The summed E-state index contributed by atoms with van der Waals surface area (Å²) in [5, 5.41) is 8.50. The van der Waals surface area contributed by atoms with Gasteiger partial charge < -0.3 is 8.98 Å². The van der Waals surface area contributed by atoms with Crippen molar-refractivity contribution in [2.45, 2.75) is 57.2 Å². The molecule has 0 amide bonds. The molecule has 0 radical (unpaired) electrons. The molecule has 0 unspecified atom stereocenters. The standard InChI is InChI=1S/C29H30F3N5O/c1-18-13-28(14-18,26-35-33-17-36(26)2)21-5-3-4-20(12-21)25-34-23-11-19(10-22(24(23)38-25)29(30,31)32)15-37-9-8-27(16-37)6-7-27/h3-5,10-12,17-18H,6-9,13-16H2,1-2H3. The number of hydrogen-bond donors (Lipinski definition) is 0. The zero-order valence-corrected chi connectivity index (χ0v) is 21.6. The fraction of sp³-hybridized carbons (Fsp3) is 0.483. The number of benzene rings is 2. The molecule has 7 rings (SSSR count). The lowest BCUT2D eigenvalue weighted by Gasteiger charge is -2.46. The van der Waals surface area contributed by atoms with E-state index in [0.29, 0.717) is 29.0 Å². The van der Waals surface area contributed by atoms with Crippen molar-refractivity contribution in [1.29, 1.82) is 0 Å². The number of fused-ring (bicyclic) bond motifs is 1. The molecular formula is C29H30F3N5O. The SMILES string of the molecule is CC1CC(c2cccc(-c3nc4cc(CN5CCC6(CC6)C5)cc(C(F)(F)F)c4o3)c2)(c2nncn2C)C1. The van der Waals surface area contributed by atoms with Crippen LogP contribution >= 0.6 is 0 Å². The molecule has 2 aliphatic carbocycles. The maximum absolute atomic E-state index is 14.1. The van der Waals surface area contributed by atoms with Crippen LogP contribution in [0.5, 0.6) is 0 Å². The summed E-state index contributed by atoms with van der Waals surface area (Å²) in [6.45, 7) is 4.61. The number of aryl methyl sites for hydroxylation is 1. The van der Waals surface area contributed by atoms with Crippen molar-refractivity contribution in [2.75, 3.05) is 13.1 Å². The summed E-state index contributed by atoms with van der Waals surface area (Å²) in [7, 11) is 1.94. The Morgan fingerprint density at radius 2 is 1.92 bits per heavy atom. The lowest BCUT2D eigenvalue weighted by molar-refractivity contribution is -0.136. The van der Waals surface area contributed by atoms with E-state index >= 15 is 0 Å². The van der Waals surface area contributed by atoms with Crippen LogP contribution in [0.2, 0.25) is 0 Å². The van der Waals surface area contributed by atoms with Gasteiger partial charge in [-0.05, 0) is 85.4 Å². The van der Waals surface area contributed by atoms with Crippen molar-refractivity contribution in [1.82, 2.24) is 24.6 Å². The van der Waals surface area contributed by atoms with Gasteiger partial charge in [0.05, 0.1) is 5.41 Å². The molecule has 3 aliphatic rings. The van der Waals surface area contributed by atoms with Crippen LogP contribution in [0.1, 0.15) is 61.5 Å². The third-order valence-corrected chi connectivity index (χ3v) is 8.93. The monoisotopic (exact) mass is 521 g/mol. The van der Waals surface area contributed by atoms with Gasteiger partial charge in [0.2, 0.25) is 5.89 Å². The van der Waals surface area contributed by atoms with Gasteiger partial charge in [-0.2, -0.15) is 13.2 Å².